The minimum Gasteiger partial charge on any atom is -0.495 e. The largest absolute Gasteiger partial charge is 0.495 e. The van der Waals surface area contributed by atoms with Crippen molar-refractivity contribution in [1.29, 1.82) is 0 Å². The number of methoxy groups -OCH3 is 1. The molecule has 0 amide bonds. The van der Waals surface area contributed by atoms with E-state index in [-0.39, 0.29) is 18.1 Å². The maximum absolute atomic E-state index is 12.8. The van der Waals surface area contributed by atoms with E-state index in [9.17, 15) is 18.0 Å². The number of nitrogens with zero attached hydrogens (tertiary/aromatic N) is 1. The molecule has 0 unspecified atom stereocenters. The first-order chi connectivity index (χ1) is 8.38. The van der Waals surface area contributed by atoms with Gasteiger partial charge in [0.15, 0.2) is 0 Å². The van der Waals surface area contributed by atoms with Gasteiger partial charge in [0.25, 0.3) is 0 Å². The molecule has 1 aromatic rings. The number of aromatic nitrogens is 1. The predicted octanol–water partition coefficient (Wildman–Crippen LogP) is 2.21. The Morgan fingerprint density at radius 3 is 2.61 bits per heavy atom. The van der Waals surface area contributed by atoms with Gasteiger partial charge in [0, 0.05) is 0 Å². The number of esters is 1. The van der Waals surface area contributed by atoms with Crippen molar-refractivity contribution in [3.8, 4) is 5.75 Å². The number of hydrogen-bond donors (Lipinski definition) is 0. The number of hydrogen-bond acceptors (Lipinski definition) is 4. The second kappa shape index (κ2) is 5.70. The second-order valence-corrected chi connectivity index (χ2v) is 3.35. The minimum atomic E-state index is -4.59. The van der Waals surface area contributed by atoms with Gasteiger partial charge in [0.2, 0.25) is 0 Å². The molecule has 0 radical (unpaired) electrons. The Kier molecular flexibility index (Phi) is 4.52. The third kappa shape index (κ3) is 3.61. The van der Waals surface area contributed by atoms with Crippen LogP contribution < -0.4 is 4.74 Å². The van der Waals surface area contributed by atoms with Crippen LogP contribution in [0.2, 0.25) is 0 Å². The lowest BCUT2D eigenvalue weighted by Gasteiger charge is -2.12. The quantitative estimate of drug-likeness (QED) is 0.781. The van der Waals surface area contributed by atoms with Crippen LogP contribution in [0.15, 0.2) is 12.3 Å². The Morgan fingerprint density at radius 1 is 1.44 bits per heavy atom. The zero-order valence-corrected chi connectivity index (χ0v) is 9.87. The van der Waals surface area contributed by atoms with E-state index in [0.717, 1.165) is 12.3 Å². The summed E-state index contributed by atoms with van der Waals surface area (Å²) in [6.07, 6.45) is -3.99. The first-order valence-electron chi connectivity index (χ1n) is 5.14. The molecule has 0 fully saturated rings. The van der Waals surface area contributed by atoms with Crippen molar-refractivity contribution >= 4 is 5.97 Å². The number of carbonyl (C=O) groups excluding carboxylic acids is 1. The first-order valence-corrected chi connectivity index (χ1v) is 5.14. The molecule has 0 atom stereocenters. The summed E-state index contributed by atoms with van der Waals surface area (Å²) in [4.78, 5) is 14.8. The molecule has 7 heteroatoms. The summed E-state index contributed by atoms with van der Waals surface area (Å²) in [5.74, 6) is -0.768. The maximum atomic E-state index is 12.8. The molecule has 1 aromatic heterocycles. The Balaban J connectivity index is 3.07. The van der Waals surface area contributed by atoms with Crippen molar-refractivity contribution in [2.45, 2.75) is 19.5 Å². The molecule has 0 aliphatic heterocycles. The predicted molar refractivity (Wildman–Crippen MR) is 56.1 cm³/mol. The van der Waals surface area contributed by atoms with E-state index in [1.807, 2.05) is 0 Å². The van der Waals surface area contributed by atoms with Crippen LogP contribution in [0.4, 0.5) is 13.2 Å². The highest BCUT2D eigenvalue weighted by Crippen LogP contribution is 2.33. The van der Waals surface area contributed by atoms with E-state index < -0.39 is 24.1 Å². The first kappa shape index (κ1) is 14.3. The molecular formula is C11H12F3NO3. The molecule has 0 aliphatic rings. The molecule has 18 heavy (non-hydrogen) atoms. The molecule has 1 heterocycles. The average molecular weight is 263 g/mol. The van der Waals surface area contributed by atoms with E-state index in [1.54, 1.807) is 6.92 Å². The van der Waals surface area contributed by atoms with Crippen LogP contribution in [0.25, 0.3) is 0 Å². The molecule has 0 bridgehead atoms. The minimum absolute atomic E-state index is 0.0186. The molecule has 0 spiro atoms. The molecule has 0 saturated carbocycles. The van der Waals surface area contributed by atoms with Crippen molar-refractivity contribution in [2.24, 2.45) is 0 Å². The van der Waals surface area contributed by atoms with Gasteiger partial charge >= 0.3 is 12.1 Å². The maximum Gasteiger partial charge on any atom is 0.418 e. The van der Waals surface area contributed by atoms with E-state index in [1.165, 1.54) is 7.11 Å². The van der Waals surface area contributed by atoms with Crippen molar-refractivity contribution in [3.63, 3.8) is 0 Å². The summed E-state index contributed by atoms with van der Waals surface area (Å²) in [5, 5.41) is 0. The summed E-state index contributed by atoms with van der Waals surface area (Å²) in [7, 11) is 1.24. The fourth-order valence-corrected chi connectivity index (χ4v) is 1.32. The van der Waals surface area contributed by atoms with Crippen molar-refractivity contribution < 1.29 is 27.4 Å². The van der Waals surface area contributed by atoms with Crippen LogP contribution in [0.5, 0.6) is 5.75 Å². The Bertz CT molecular complexity index is 432. The smallest absolute Gasteiger partial charge is 0.418 e. The van der Waals surface area contributed by atoms with Crippen LogP contribution in [0, 0.1) is 0 Å². The van der Waals surface area contributed by atoms with E-state index >= 15 is 0 Å². The Hall–Kier alpha value is -1.79. The van der Waals surface area contributed by atoms with Gasteiger partial charge in [-0.05, 0) is 13.0 Å². The number of carbonyl (C=O) groups is 1. The lowest BCUT2D eigenvalue weighted by Crippen LogP contribution is -2.16. The zero-order chi connectivity index (χ0) is 13.8. The molecule has 4 nitrogen and oxygen atoms in total. The number of pyridine rings is 1. The third-order valence-corrected chi connectivity index (χ3v) is 2.10. The molecular weight excluding hydrogens is 251 g/mol. The highest BCUT2D eigenvalue weighted by molar-refractivity contribution is 5.72. The van der Waals surface area contributed by atoms with Gasteiger partial charge in [0.05, 0.1) is 37.6 Å². The summed E-state index contributed by atoms with van der Waals surface area (Å²) in [5.41, 5.74) is -1.36. The highest BCUT2D eigenvalue weighted by atomic mass is 19.4. The molecule has 0 aliphatic carbocycles. The fraction of sp³-hybridized carbons (Fsp3) is 0.455. The summed E-state index contributed by atoms with van der Waals surface area (Å²) in [6.45, 7) is 1.68. The molecule has 0 N–H and O–H groups in total. The Labute approximate surface area is 102 Å². The van der Waals surface area contributed by atoms with Gasteiger partial charge in [-0.1, -0.05) is 0 Å². The van der Waals surface area contributed by atoms with Gasteiger partial charge in [-0.15, -0.1) is 0 Å². The number of halogens is 3. The lowest BCUT2D eigenvalue weighted by molar-refractivity contribution is -0.143. The normalized spacial score (nSPS) is 11.2. The lowest BCUT2D eigenvalue weighted by atomic mass is 10.1. The number of alkyl halides is 3. The standard InChI is InChI=1S/C11H12F3NO3/c1-3-18-10(16)5-9-8(11(12,13)14)4-7(17-2)6-15-9/h4,6H,3,5H2,1-2H3. The number of ether oxygens (including phenoxy) is 2. The van der Waals surface area contributed by atoms with E-state index in [4.69, 9.17) is 0 Å². The van der Waals surface area contributed by atoms with Crippen molar-refractivity contribution in [2.75, 3.05) is 13.7 Å². The molecule has 1 rings (SSSR count). The molecule has 100 valence electrons. The Morgan fingerprint density at radius 2 is 2.11 bits per heavy atom. The SMILES string of the molecule is CCOC(=O)Cc1ncc(OC)cc1C(F)(F)F. The fourth-order valence-electron chi connectivity index (χ4n) is 1.32. The van der Waals surface area contributed by atoms with Gasteiger partial charge in [-0.2, -0.15) is 13.2 Å². The van der Waals surface area contributed by atoms with Gasteiger partial charge < -0.3 is 9.47 Å². The van der Waals surface area contributed by atoms with Crippen LogP contribution in [0.3, 0.4) is 0 Å². The van der Waals surface area contributed by atoms with Crippen LogP contribution in [0.1, 0.15) is 18.2 Å². The third-order valence-electron chi connectivity index (χ3n) is 2.10. The van der Waals surface area contributed by atoms with Gasteiger partial charge in [-0.25, -0.2) is 0 Å². The monoisotopic (exact) mass is 263 g/mol. The van der Waals surface area contributed by atoms with Crippen molar-refractivity contribution in [1.82, 2.24) is 4.98 Å². The van der Waals surface area contributed by atoms with Crippen LogP contribution >= 0.6 is 0 Å². The van der Waals surface area contributed by atoms with Gasteiger partial charge in [-0.3, -0.25) is 9.78 Å². The van der Waals surface area contributed by atoms with Crippen molar-refractivity contribution in [3.05, 3.63) is 23.5 Å². The summed E-state index contributed by atoms with van der Waals surface area (Å²) < 4.78 is 47.5. The van der Waals surface area contributed by atoms with Gasteiger partial charge in [0.1, 0.15) is 5.75 Å². The van der Waals surface area contributed by atoms with E-state index in [0.29, 0.717) is 0 Å². The topological polar surface area (TPSA) is 48.4 Å². The zero-order valence-electron chi connectivity index (χ0n) is 9.87. The van der Waals surface area contributed by atoms with E-state index in [2.05, 4.69) is 14.5 Å². The summed E-state index contributed by atoms with van der Waals surface area (Å²) in [6, 6.07) is 0.807. The number of rotatable bonds is 4. The second-order valence-electron chi connectivity index (χ2n) is 3.35. The average Bonchev–Trinajstić information content (AvgIpc) is 2.28. The molecule has 0 aromatic carbocycles. The summed E-state index contributed by atoms with van der Waals surface area (Å²) >= 11 is 0. The van der Waals surface area contributed by atoms with Crippen LogP contribution in [-0.4, -0.2) is 24.7 Å². The van der Waals surface area contributed by atoms with Crippen LogP contribution in [-0.2, 0) is 22.1 Å². The molecule has 0 saturated heterocycles. The highest BCUT2D eigenvalue weighted by Gasteiger charge is 2.35.